The second-order valence-electron chi connectivity index (χ2n) is 3.28. The molecule has 1 unspecified atom stereocenters. The molecule has 78 valence electrons. The second kappa shape index (κ2) is 4.55. The van der Waals surface area contributed by atoms with E-state index in [2.05, 4.69) is 31.0 Å². The van der Waals surface area contributed by atoms with Gasteiger partial charge in [0.15, 0.2) is 3.92 Å². The number of halogens is 1. The molecule has 1 aliphatic heterocycles. The lowest BCUT2D eigenvalue weighted by Crippen LogP contribution is -2.39. The van der Waals surface area contributed by atoms with Crippen LogP contribution in [0.2, 0.25) is 0 Å². The Bertz CT molecular complexity index is 307. The Morgan fingerprint density at radius 2 is 2.43 bits per heavy atom. The van der Waals surface area contributed by atoms with E-state index >= 15 is 0 Å². The number of rotatable bonds is 2. The zero-order chi connectivity index (χ0) is 9.97. The molecular weight excluding hydrogens is 266 g/mol. The minimum absolute atomic E-state index is 0.339. The number of aromatic nitrogens is 2. The Hall–Kier alpha value is -0.200. The largest absolute Gasteiger partial charge is 0.380 e. The van der Waals surface area contributed by atoms with Crippen LogP contribution in [0.4, 0.5) is 5.13 Å². The number of hydrogen-bond donors (Lipinski definition) is 0. The van der Waals surface area contributed by atoms with Crippen LogP contribution in [0.3, 0.4) is 0 Å². The fraction of sp³-hybridized carbons (Fsp3) is 0.750. The summed E-state index contributed by atoms with van der Waals surface area (Å²) in [6.45, 7) is 1.99. The van der Waals surface area contributed by atoms with E-state index < -0.39 is 0 Å². The maximum Gasteiger partial charge on any atom is 0.209 e. The van der Waals surface area contributed by atoms with Crippen molar-refractivity contribution in [2.24, 2.45) is 0 Å². The van der Waals surface area contributed by atoms with E-state index in [9.17, 15) is 0 Å². The van der Waals surface area contributed by atoms with Crippen molar-refractivity contribution in [2.45, 2.75) is 18.9 Å². The molecule has 2 rings (SSSR count). The average Bonchev–Trinajstić information content (AvgIpc) is 2.65. The number of hydrogen-bond acceptors (Lipinski definition) is 5. The highest BCUT2D eigenvalue weighted by Crippen LogP contribution is 2.26. The first kappa shape index (κ1) is 10.3. The van der Waals surface area contributed by atoms with Gasteiger partial charge in [-0.05, 0) is 28.8 Å². The molecule has 0 aromatic carbocycles. The second-order valence-corrected chi connectivity index (χ2v) is 5.52. The van der Waals surface area contributed by atoms with Gasteiger partial charge in [0.1, 0.15) is 0 Å². The summed E-state index contributed by atoms with van der Waals surface area (Å²) in [6.07, 6.45) is 2.65. The zero-order valence-electron chi connectivity index (χ0n) is 7.94. The predicted octanol–water partition coefficient (Wildman–Crippen LogP) is 1.92. The lowest BCUT2D eigenvalue weighted by molar-refractivity contribution is 0.0893. The van der Waals surface area contributed by atoms with E-state index in [1.807, 2.05) is 0 Å². The van der Waals surface area contributed by atoms with Crippen LogP contribution in [-0.4, -0.2) is 36.5 Å². The van der Waals surface area contributed by atoms with Crippen LogP contribution in [0, 0.1) is 0 Å². The molecule has 1 aliphatic rings. The van der Waals surface area contributed by atoms with E-state index in [1.54, 1.807) is 18.4 Å². The number of piperidine rings is 1. The van der Waals surface area contributed by atoms with E-state index in [1.165, 1.54) is 0 Å². The van der Waals surface area contributed by atoms with Gasteiger partial charge in [0.2, 0.25) is 5.13 Å². The first-order valence-electron chi connectivity index (χ1n) is 4.56. The van der Waals surface area contributed by atoms with E-state index in [4.69, 9.17) is 4.74 Å². The summed E-state index contributed by atoms with van der Waals surface area (Å²) in [4.78, 5) is 2.24. The van der Waals surface area contributed by atoms with Crippen LogP contribution in [0.25, 0.3) is 0 Å². The van der Waals surface area contributed by atoms with Gasteiger partial charge in [0.25, 0.3) is 0 Å². The number of anilines is 1. The van der Waals surface area contributed by atoms with Gasteiger partial charge in [-0.15, -0.1) is 10.2 Å². The quantitative estimate of drug-likeness (QED) is 0.828. The van der Waals surface area contributed by atoms with Gasteiger partial charge >= 0.3 is 0 Å². The van der Waals surface area contributed by atoms with Crippen LogP contribution in [0.1, 0.15) is 12.8 Å². The normalized spacial score (nSPS) is 22.7. The highest BCUT2D eigenvalue weighted by molar-refractivity contribution is 9.11. The summed E-state index contributed by atoms with van der Waals surface area (Å²) < 4.78 is 6.19. The van der Waals surface area contributed by atoms with Crippen molar-refractivity contribution in [3.8, 4) is 0 Å². The smallest absolute Gasteiger partial charge is 0.209 e. The Balaban J connectivity index is 2.04. The third kappa shape index (κ3) is 2.24. The molecular formula is C8H12BrN3OS. The summed E-state index contributed by atoms with van der Waals surface area (Å²) in [7, 11) is 1.77. The van der Waals surface area contributed by atoms with Crippen molar-refractivity contribution in [2.75, 3.05) is 25.1 Å². The molecule has 0 aliphatic carbocycles. The lowest BCUT2D eigenvalue weighted by atomic mass is 10.1. The molecule has 0 radical (unpaired) electrons. The van der Waals surface area contributed by atoms with Gasteiger partial charge in [-0.2, -0.15) is 0 Å². The molecule has 0 spiro atoms. The van der Waals surface area contributed by atoms with Crippen molar-refractivity contribution < 1.29 is 4.74 Å². The molecule has 0 amide bonds. The molecule has 0 N–H and O–H groups in total. The van der Waals surface area contributed by atoms with E-state index in [-0.39, 0.29) is 0 Å². The molecule has 0 bridgehead atoms. The van der Waals surface area contributed by atoms with Crippen molar-refractivity contribution in [3.63, 3.8) is 0 Å². The third-order valence-electron chi connectivity index (χ3n) is 2.37. The molecule has 1 atom stereocenters. The molecule has 6 heteroatoms. The molecule has 4 nitrogen and oxygen atoms in total. The highest BCUT2D eigenvalue weighted by atomic mass is 79.9. The molecule has 1 saturated heterocycles. The summed E-state index contributed by atoms with van der Waals surface area (Å²) in [5, 5.41) is 9.03. The van der Waals surface area contributed by atoms with Crippen LogP contribution >= 0.6 is 27.3 Å². The summed E-state index contributed by atoms with van der Waals surface area (Å²) in [5.74, 6) is 0. The van der Waals surface area contributed by atoms with Crippen molar-refractivity contribution >= 4 is 32.4 Å². The van der Waals surface area contributed by atoms with Gasteiger partial charge < -0.3 is 9.64 Å². The molecule has 2 heterocycles. The topological polar surface area (TPSA) is 38.2 Å². The van der Waals surface area contributed by atoms with Crippen LogP contribution in [-0.2, 0) is 4.74 Å². The SMILES string of the molecule is COC1CCCN(c2nnc(Br)s2)C1. The number of methoxy groups -OCH3 is 1. The minimum atomic E-state index is 0.339. The van der Waals surface area contributed by atoms with Gasteiger partial charge in [-0.3, -0.25) is 0 Å². The van der Waals surface area contributed by atoms with Crippen LogP contribution in [0.15, 0.2) is 3.92 Å². The Morgan fingerprint density at radius 3 is 3.07 bits per heavy atom. The maximum absolute atomic E-state index is 5.35. The summed E-state index contributed by atoms with van der Waals surface area (Å²) in [5.41, 5.74) is 0. The monoisotopic (exact) mass is 277 g/mol. The Kier molecular flexibility index (Phi) is 3.35. The Morgan fingerprint density at radius 1 is 1.57 bits per heavy atom. The molecule has 1 aromatic rings. The number of ether oxygens (including phenoxy) is 1. The van der Waals surface area contributed by atoms with Gasteiger partial charge in [-0.25, -0.2) is 0 Å². The van der Waals surface area contributed by atoms with E-state index in [0.29, 0.717) is 6.10 Å². The summed E-state index contributed by atoms with van der Waals surface area (Å²) in [6, 6.07) is 0. The summed E-state index contributed by atoms with van der Waals surface area (Å²) >= 11 is 4.89. The zero-order valence-corrected chi connectivity index (χ0v) is 10.3. The van der Waals surface area contributed by atoms with Crippen molar-refractivity contribution in [1.29, 1.82) is 0 Å². The van der Waals surface area contributed by atoms with Crippen molar-refractivity contribution in [1.82, 2.24) is 10.2 Å². The fourth-order valence-corrected chi connectivity index (χ4v) is 2.75. The molecule has 1 aromatic heterocycles. The standard InChI is InChI=1S/C8H12BrN3OS/c1-13-6-3-2-4-12(5-6)8-11-10-7(9)14-8/h6H,2-5H2,1H3. The first-order valence-corrected chi connectivity index (χ1v) is 6.17. The molecule has 1 fully saturated rings. The maximum atomic E-state index is 5.35. The lowest BCUT2D eigenvalue weighted by Gasteiger charge is -2.31. The van der Waals surface area contributed by atoms with Gasteiger partial charge in [0.05, 0.1) is 6.10 Å². The molecule has 14 heavy (non-hydrogen) atoms. The average molecular weight is 278 g/mol. The minimum Gasteiger partial charge on any atom is -0.380 e. The molecule has 0 saturated carbocycles. The van der Waals surface area contributed by atoms with Gasteiger partial charge in [-0.1, -0.05) is 11.3 Å². The first-order chi connectivity index (χ1) is 6.79. The van der Waals surface area contributed by atoms with Crippen LogP contribution < -0.4 is 4.90 Å². The Labute approximate surface area is 95.4 Å². The fourth-order valence-electron chi connectivity index (χ4n) is 1.63. The van der Waals surface area contributed by atoms with Gasteiger partial charge in [0, 0.05) is 20.2 Å². The number of nitrogens with zero attached hydrogens (tertiary/aromatic N) is 3. The highest BCUT2D eigenvalue weighted by Gasteiger charge is 2.21. The van der Waals surface area contributed by atoms with Crippen LogP contribution in [0.5, 0.6) is 0 Å². The third-order valence-corrected chi connectivity index (χ3v) is 3.79. The van der Waals surface area contributed by atoms with Crippen molar-refractivity contribution in [3.05, 3.63) is 3.92 Å². The van der Waals surface area contributed by atoms with E-state index in [0.717, 1.165) is 35.0 Å². The predicted molar refractivity (Wildman–Crippen MR) is 59.9 cm³/mol.